The van der Waals surface area contributed by atoms with Crippen LogP contribution in [-0.4, -0.2) is 26.2 Å². The van der Waals surface area contributed by atoms with E-state index in [-0.39, 0.29) is 24.1 Å². The molecule has 1 atom stereocenters. The Morgan fingerprint density at radius 3 is 2.74 bits per heavy atom. The second kappa shape index (κ2) is 8.51. The Kier molecular flexibility index (Phi) is 5.20. The molecule has 0 saturated heterocycles. The van der Waals surface area contributed by atoms with Gasteiger partial charge in [-0.15, -0.1) is 22.7 Å². The fourth-order valence-corrected chi connectivity index (χ4v) is 5.79. The van der Waals surface area contributed by atoms with Gasteiger partial charge >= 0.3 is 0 Å². The van der Waals surface area contributed by atoms with Crippen LogP contribution in [-0.2, 0) is 11.3 Å². The lowest BCUT2D eigenvalue weighted by atomic mass is 10.1. The van der Waals surface area contributed by atoms with Crippen LogP contribution >= 0.6 is 22.7 Å². The number of hydrazone groups is 1. The lowest BCUT2D eigenvalue weighted by Crippen LogP contribution is -2.33. The van der Waals surface area contributed by atoms with Gasteiger partial charge in [0.05, 0.1) is 28.6 Å². The maximum atomic E-state index is 13.4. The summed E-state index contributed by atoms with van der Waals surface area (Å²) in [6.45, 7) is -0.162. The standard InChI is InChI=1S/C25H18N4O3S2/c30-22(29-19(20-8-4-10-32-20)12-18(27-29)21-9-5-11-33-21)13-28-15-26-24-23(25(28)31)17(14-34-24)16-6-2-1-3-7-16/h1-11,14-15,19H,12-13H2/t19-/m0/s1. The van der Waals surface area contributed by atoms with E-state index in [9.17, 15) is 9.59 Å². The van der Waals surface area contributed by atoms with Crippen LogP contribution in [0.15, 0.2) is 92.3 Å². The molecule has 5 aromatic rings. The van der Waals surface area contributed by atoms with Gasteiger partial charge in [0.25, 0.3) is 11.5 Å². The van der Waals surface area contributed by atoms with E-state index in [2.05, 4.69) is 10.1 Å². The maximum Gasteiger partial charge on any atom is 0.263 e. The summed E-state index contributed by atoms with van der Waals surface area (Å²) >= 11 is 3.00. The molecule has 0 fully saturated rings. The van der Waals surface area contributed by atoms with Crippen LogP contribution in [0.3, 0.4) is 0 Å². The van der Waals surface area contributed by atoms with Crippen molar-refractivity contribution >= 4 is 44.5 Å². The van der Waals surface area contributed by atoms with E-state index in [1.54, 1.807) is 23.7 Å². The van der Waals surface area contributed by atoms with Crippen LogP contribution in [0.2, 0.25) is 0 Å². The average Bonchev–Trinajstić information content (AvgIpc) is 3.67. The first kappa shape index (κ1) is 20.8. The first-order chi connectivity index (χ1) is 16.7. The van der Waals surface area contributed by atoms with E-state index >= 15 is 0 Å². The zero-order valence-corrected chi connectivity index (χ0v) is 19.5. The third-order valence-electron chi connectivity index (χ3n) is 5.79. The van der Waals surface area contributed by atoms with Gasteiger partial charge in [-0.05, 0) is 29.1 Å². The first-order valence-corrected chi connectivity index (χ1v) is 12.4. The highest BCUT2D eigenvalue weighted by Gasteiger charge is 2.35. The van der Waals surface area contributed by atoms with E-state index in [0.717, 1.165) is 21.7 Å². The van der Waals surface area contributed by atoms with Crippen molar-refractivity contribution < 1.29 is 9.21 Å². The number of thiophene rings is 2. The molecule has 5 heterocycles. The minimum absolute atomic E-state index is 0.162. The Bertz CT molecular complexity index is 1550. The fraction of sp³-hybridized carbons (Fsp3) is 0.120. The zero-order valence-electron chi connectivity index (χ0n) is 17.8. The van der Waals surface area contributed by atoms with Crippen LogP contribution in [0.25, 0.3) is 21.3 Å². The van der Waals surface area contributed by atoms with Crippen molar-refractivity contribution in [1.82, 2.24) is 14.6 Å². The maximum absolute atomic E-state index is 13.4. The van der Waals surface area contributed by atoms with Crippen LogP contribution < -0.4 is 5.56 Å². The van der Waals surface area contributed by atoms with E-state index in [1.165, 1.54) is 27.2 Å². The molecule has 1 amide bonds. The summed E-state index contributed by atoms with van der Waals surface area (Å²) in [5.41, 5.74) is 2.36. The molecule has 0 aliphatic carbocycles. The molecule has 4 aromatic heterocycles. The van der Waals surface area contributed by atoms with Gasteiger partial charge in [-0.25, -0.2) is 9.99 Å². The second-order valence-corrected chi connectivity index (χ2v) is 9.68. The number of furan rings is 1. The van der Waals surface area contributed by atoms with Crippen molar-refractivity contribution in [2.24, 2.45) is 5.10 Å². The molecule has 0 N–H and O–H groups in total. The first-order valence-electron chi connectivity index (χ1n) is 10.7. The predicted molar refractivity (Wildman–Crippen MR) is 133 cm³/mol. The largest absolute Gasteiger partial charge is 0.467 e. The summed E-state index contributed by atoms with van der Waals surface area (Å²) < 4.78 is 6.97. The topological polar surface area (TPSA) is 80.7 Å². The average molecular weight is 487 g/mol. The van der Waals surface area contributed by atoms with Crippen LogP contribution in [0.5, 0.6) is 0 Å². The molecule has 1 aliphatic heterocycles. The SMILES string of the molecule is O=C(Cn1cnc2scc(-c3ccccc3)c2c1=O)N1N=C(c2cccs2)C[C@H]1c1ccco1. The molecule has 6 rings (SSSR count). The third-order valence-corrected chi connectivity index (χ3v) is 7.60. The van der Waals surface area contributed by atoms with Crippen LogP contribution in [0.1, 0.15) is 23.1 Å². The van der Waals surface area contributed by atoms with Gasteiger partial charge in [-0.3, -0.25) is 14.2 Å². The third kappa shape index (κ3) is 3.59. The number of benzene rings is 1. The number of nitrogens with zero attached hydrogens (tertiary/aromatic N) is 4. The Morgan fingerprint density at radius 2 is 1.97 bits per heavy atom. The summed E-state index contributed by atoms with van der Waals surface area (Å²) in [7, 11) is 0. The van der Waals surface area contributed by atoms with Crippen molar-refractivity contribution in [3.63, 3.8) is 0 Å². The summed E-state index contributed by atoms with van der Waals surface area (Å²) in [4.78, 5) is 32.9. The minimum atomic E-state index is -0.354. The Hall–Kier alpha value is -3.82. The molecular formula is C25H18N4O3S2. The number of carbonyl (C=O) groups is 1. The van der Waals surface area contributed by atoms with Gasteiger partial charge < -0.3 is 4.42 Å². The second-order valence-electron chi connectivity index (χ2n) is 7.87. The van der Waals surface area contributed by atoms with Gasteiger partial charge in [-0.2, -0.15) is 5.10 Å². The van der Waals surface area contributed by atoms with Gasteiger partial charge in [0, 0.05) is 17.4 Å². The van der Waals surface area contributed by atoms with E-state index in [1.807, 2.05) is 59.3 Å². The van der Waals surface area contributed by atoms with E-state index in [0.29, 0.717) is 22.4 Å². The molecule has 0 spiro atoms. The summed E-state index contributed by atoms with van der Waals surface area (Å²) in [6, 6.07) is 17.0. The minimum Gasteiger partial charge on any atom is -0.467 e. The number of carbonyl (C=O) groups excluding carboxylic acids is 1. The van der Waals surface area contributed by atoms with Crippen LogP contribution in [0.4, 0.5) is 0 Å². The molecule has 168 valence electrons. The fourth-order valence-electron chi connectivity index (χ4n) is 4.16. The highest BCUT2D eigenvalue weighted by molar-refractivity contribution is 7.17. The molecule has 0 radical (unpaired) electrons. The van der Waals surface area contributed by atoms with Gasteiger partial charge in [-0.1, -0.05) is 36.4 Å². The Labute approximate surface area is 202 Å². The van der Waals surface area contributed by atoms with Gasteiger partial charge in [0.2, 0.25) is 0 Å². The monoisotopic (exact) mass is 486 g/mol. The molecule has 9 heteroatoms. The Morgan fingerprint density at radius 1 is 1.09 bits per heavy atom. The molecular weight excluding hydrogens is 468 g/mol. The van der Waals surface area contributed by atoms with Gasteiger partial charge in [0.1, 0.15) is 23.2 Å². The molecule has 1 aromatic carbocycles. The van der Waals surface area contributed by atoms with E-state index < -0.39 is 0 Å². The van der Waals surface area contributed by atoms with Crippen molar-refractivity contribution in [2.45, 2.75) is 19.0 Å². The molecule has 34 heavy (non-hydrogen) atoms. The molecule has 0 unspecified atom stereocenters. The molecule has 1 aliphatic rings. The van der Waals surface area contributed by atoms with Crippen molar-refractivity contribution in [3.05, 3.63) is 98.9 Å². The Balaban J connectivity index is 1.35. The number of rotatable bonds is 5. The van der Waals surface area contributed by atoms with Crippen molar-refractivity contribution in [3.8, 4) is 11.1 Å². The van der Waals surface area contributed by atoms with Crippen molar-refractivity contribution in [1.29, 1.82) is 0 Å². The smallest absolute Gasteiger partial charge is 0.263 e. The lowest BCUT2D eigenvalue weighted by Gasteiger charge is -2.20. The molecule has 0 saturated carbocycles. The quantitative estimate of drug-likeness (QED) is 0.344. The van der Waals surface area contributed by atoms with Crippen molar-refractivity contribution in [2.75, 3.05) is 0 Å². The lowest BCUT2D eigenvalue weighted by molar-refractivity contribution is -0.134. The number of aromatic nitrogens is 2. The molecule has 7 nitrogen and oxygen atoms in total. The number of hydrogen-bond acceptors (Lipinski definition) is 7. The summed E-state index contributed by atoms with van der Waals surface area (Å²) in [5, 5.41) is 10.5. The number of amides is 1. The summed E-state index contributed by atoms with van der Waals surface area (Å²) in [6.07, 6.45) is 3.58. The highest BCUT2D eigenvalue weighted by atomic mass is 32.1. The zero-order chi connectivity index (χ0) is 23.1. The molecule has 0 bridgehead atoms. The van der Waals surface area contributed by atoms with Gasteiger partial charge in [0.15, 0.2) is 0 Å². The summed E-state index contributed by atoms with van der Waals surface area (Å²) in [5.74, 6) is 0.362. The van der Waals surface area contributed by atoms with Crippen LogP contribution in [0, 0.1) is 0 Å². The predicted octanol–water partition coefficient (Wildman–Crippen LogP) is 5.16. The highest BCUT2D eigenvalue weighted by Crippen LogP contribution is 2.34. The van der Waals surface area contributed by atoms with E-state index in [4.69, 9.17) is 4.42 Å². The number of hydrogen-bond donors (Lipinski definition) is 0. The number of fused-ring (bicyclic) bond motifs is 1. The normalized spacial score (nSPS) is 15.7.